The van der Waals surface area contributed by atoms with Gasteiger partial charge < -0.3 is 15.4 Å². The summed E-state index contributed by atoms with van der Waals surface area (Å²) in [5.41, 5.74) is 0. The van der Waals surface area contributed by atoms with Gasteiger partial charge >= 0.3 is 0 Å². The molecule has 0 aromatic carbocycles. The smallest absolute Gasteiger partial charge is 0.220 e. The third-order valence-corrected chi connectivity index (χ3v) is 3.68. The molecule has 0 spiro atoms. The maximum absolute atomic E-state index is 11.6. The van der Waals surface area contributed by atoms with Crippen molar-refractivity contribution in [2.24, 2.45) is 0 Å². The fraction of sp³-hybridized carbons (Fsp3) is 0.938. The predicted octanol–water partition coefficient (Wildman–Crippen LogP) is 2.62. The van der Waals surface area contributed by atoms with Crippen molar-refractivity contribution in [2.75, 3.05) is 19.7 Å². The lowest BCUT2D eigenvalue weighted by molar-refractivity contribution is -0.121. The van der Waals surface area contributed by atoms with Crippen LogP contribution in [0.1, 0.15) is 65.2 Å². The Morgan fingerprint density at radius 2 is 1.90 bits per heavy atom. The minimum Gasteiger partial charge on any atom is -0.378 e. The number of carbonyl (C=O) groups is 1. The maximum atomic E-state index is 11.6. The van der Waals surface area contributed by atoms with Crippen LogP contribution in [0.5, 0.6) is 0 Å². The van der Waals surface area contributed by atoms with Gasteiger partial charge in [0.25, 0.3) is 0 Å². The van der Waals surface area contributed by atoms with E-state index in [2.05, 4.69) is 24.5 Å². The lowest BCUT2D eigenvalue weighted by Crippen LogP contribution is -2.28. The molecule has 118 valence electrons. The molecule has 0 heterocycles. The Bertz CT molecular complexity index is 251. The zero-order valence-electron chi connectivity index (χ0n) is 13.2. The van der Waals surface area contributed by atoms with Crippen LogP contribution in [0.25, 0.3) is 0 Å². The van der Waals surface area contributed by atoms with E-state index in [9.17, 15) is 4.79 Å². The van der Waals surface area contributed by atoms with Crippen LogP contribution in [0.4, 0.5) is 0 Å². The molecule has 1 aliphatic rings. The van der Waals surface area contributed by atoms with Gasteiger partial charge in [0.2, 0.25) is 5.91 Å². The van der Waals surface area contributed by atoms with E-state index in [1.165, 1.54) is 32.1 Å². The van der Waals surface area contributed by atoms with Crippen molar-refractivity contribution in [2.45, 2.75) is 77.4 Å². The van der Waals surface area contributed by atoms with Crippen molar-refractivity contribution in [1.82, 2.24) is 10.6 Å². The maximum Gasteiger partial charge on any atom is 0.220 e. The lowest BCUT2D eigenvalue weighted by Gasteiger charge is -2.21. The van der Waals surface area contributed by atoms with E-state index in [-0.39, 0.29) is 5.91 Å². The number of rotatable bonds is 10. The van der Waals surface area contributed by atoms with Gasteiger partial charge in [0.1, 0.15) is 0 Å². The monoisotopic (exact) mass is 284 g/mol. The third kappa shape index (κ3) is 9.32. The van der Waals surface area contributed by atoms with Crippen LogP contribution in [0.3, 0.4) is 0 Å². The molecule has 0 saturated heterocycles. The highest BCUT2D eigenvalue weighted by molar-refractivity contribution is 5.75. The van der Waals surface area contributed by atoms with E-state index >= 15 is 0 Å². The Morgan fingerprint density at radius 3 is 2.60 bits per heavy atom. The van der Waals surface area contributed by atoms with Gasteiger partial charge in [0.05, 0.1) is 6.10 Å². The van der Waals surface area contributed by atoms with E-state index in [0.29, 0.717) is 18.6 Å². The quantitative estimate of drug-likeness (QED) is 0.606. The molecule has 0 unspecified atom stereocenters. The van der Waals surface area contributed by atoms with Crippen LogP contribution in [0.15, 0.2) is 0 Å². The van der Waals surface area contributed by atoms with E-state index in [4.69, 9.17) is 4.74 Å². The van der Waals surface area contributed by atoms with Crippen molar-refractivity contribution >= 4 is 5.91 Å². The average molecular weight is 284 g/mol. The summed E-state index contributed by atoms with van der Waals surface area (Å²) in [4.78, 5) is 11.6. The van der Waals surface area contributed by atoms with Gasteiger partial charge in [-0.1, -0.05) is 33.1 Å². The SMILES string of the molecule is CC(C)NCCCC(=O)NCCCOC1CCCCC1. The minimum atomic E-state index is 0.160. The van der Waals surface area contributed by atoms with Crippen LogP contribution in [0, 0.1) is 0 Å². The van der Waals surface area contributed by atoms with Crippen LogP contribution in [0.2, 0.25) is 0 Å². The van der Waals surface area contributed by atoms with Gasteiger partial charge in [0, 0.05) is 25.6 Å². The molecule has 1 amide bonds. The molecule has 0 aromatic heterocycles. The third-order valence-electron chi connectivity index (χ3n) is 3.68. The summed E-state index contributed by atoms with van der Waals surface area (Å²) in [5, 5.41) is 6.28. The average Bonchev–Trinajstić information content (AvgIpc) is 2.44. The van der Waals surface area contributed by atoms with Crippen LogP contribution in [-0.2, 0) is 9.53 Å². The number of carbonyl (C=O) groups excluding carboxylic acids is 1. The van der Waals surface area contributed by atoms with E-state index in [0.717, 1.165) is 32.5 Å². The number of hydrogen-bond acceptors (Lipinski definition) is 3. The number of ether oxygens (including phenoxy) is 1. The molecule has 1 aliphatic carbocycles. The zero-order valence-corrected chi connectivity index (χ0v) is 13.2. The standard InChI is InChI=1S/C16H32N2O2/c1-14(2)17-11-6-10-16(19)18-12-7-13-20-15-8-4-3-5-9-15/h14-15,17H,3-13H2,1-2H3,(H,18,19). The molecule has 2 N–H and O–H groups in total. The normalized spacial score (nSPS) is 16.6. The second-order valence-electron chi connectivity index (χ2n) is 6.05. The Morgan fingerprint density at radius 1 is 1.15 bits per heavy atom. The first kappa shape index (κ1) is 17.4. The van der Waals surface area contributed by atoms with E-state index in [1.54, 1.807) is 0 Å². The predicted molar refractivity (Wildman–Crippen MR) is 82.8 cm³/mol. The van der Waals surface area contributed by atoms with Gasteiger partial charge in [0.15, 0.2) is 0 Å². The molecule has 1 fully saturated rings. The first-order valence-electron chi connectivity index (χ1n) is 8.30. The lowest BCUT2D eigenvalue weighted by atomic mass is 9.98. The van der Waals surface area contributed by atoms with Crippen molar-refractivity contribution in [3.63, 3.8) is 0 Å². The van der Waals surface area contributed by atoms with E-state index in [1.807, 2.05) is 0 Å². The summed E-state index contributed by atoms with van der Waals surface area (Å²) in [6.45, 7) is 6.66. The number of amides is 1. The molecular weight excluding hydrogens is 252 g/mol. The number of nitrogens with one attached hydrogen (secondary N) is 2. The van der Waals surface area contributed by atoms with Crippen LogP contribution < -0.4 is 10.6 Å². The first-order valence-corrected chi connectivity index (χ1v) is 8.30. The first-order chi connectivity index (χ1) is 9.68. The Hall–Kier alpha value is -0.610. The van der Waals surface area contributed by atoms with E-state index < -0.39 is 0 Å². The molecule has 0 bridgehead atoms. The number of hydrogen-bond donors (Lipinski definition) is 2. The summed E-state index contributed by atoms with van der Waals surface area (Å²) in [5.74, 6) is 0.160. The highest BCUT2D eigenvalue weighted by Crippen LogP contribution is 2.20. The molecule has 0 atom stereocenters. The summed E-state index contributed by atoms with van der Waals surface area (Å²) in [7, 11) is 0. The molecule has 1 saturated carbocycles. The van der Waals surface area contributed by atoms with Crippen molar-refractivity contribution in [3.8, 4) is 0 Å². The Balaban J connectivity index is 1.86. The molecular formula is C16H32N2O2. The molecule has 0 radical (unpaired) electrons. The second kappa shape index (κ2) is 11.1. The zero-order chi connectivity index (χ0) is 14.6. The van der Waals surface area contributed by atoms with Gasteiger partial charge in [-0.05, 0) is 32.2 Å². The largest absolute Gasteiger partial charge is 0.378 e. The topological polar surface area (TPSA) is 50.4 Å². The molecule has 1 rings (SSSR count). The molecule has 0 aliphatic heterocycles. The van der Waals surface area contributed by atoms with Crippen molar-refractivity contribution < 1.29 is 9.53 Å². The van der Waals surface area contributed by atoms with Crippen LogP contribution >= 0.6 is 0 Å². The molecule has 0 aromatic rings. The highest BCUT2D eigenvalue weighted by Gasteiger charge is 2.12. The van der Waals surface area contributed by atoms with Gasteiger partial charge in [-0.2, -0.15) is 0 Å². The van der Waals surface area contributed by atoms with Crippen LogP contribution in [-0.4, -0.2) is 37.7 Å². The van der Waals surface area contributed by atoms with Crippen molar-refractivity contribution in [1.29, 1.82) is 0 Å². The van der Waals surface area contributed by atoms with Gasteiger partial charge in [-0.25, -0.2) is 0 Å². The van der Waals surface area contributed by atoms with Gasteiger partial charge in [-0.15, -0.1) is 0 Å². The molecule has 4 nitrogen and oxygen atoms in total. The Labute approximate surface area is 124 Å². The van der Waals surface area contributed by atoms with Crippen molar-refractivity contribution in [3.05, 3.63) is 0 Å². The minimum absolute atomic E-state index is 0.160. The second-order valence-corrected chi connectivity index (χ2v) is 6.05. The summed E-state index contributed by atoms with van der Waals surface area (Å²) in [6, 6.07) is 0.495. The fourth-order valence-corrected chi connectivity index (χ4v) is 2.51. The summed E-state index contributed by atoms with van der Waals surface area (Å²) >= 11 is 0. The fourth-order valence-electron chi connectivity index (χ4n) is 2.51. The summed E-state index contributed by atoms with van der Waals surface area (Å²) < 4.78 is 5.83. The highest BCUT2D eigenvalue weighted by atomic mass is 16.5. The molecule has 20 heavy (non-hydrogen) atoms. The van der Waals surface area contributed by atoms with Gasteiger partial charge in [-0.3, -0.25) is 4.79 Å². The molecule has 4 heteroatoms. The summed E-state index contributed by atoms with van der Waals surface area (Å²) in [6.07, 6.45) is 9.34. The Kier molecular flexibility index (Phi) is 9.67.